The van der Waals surface area contributed by atoms with Crippen LogP contribution >= 0.6 is 23.1 Å². The van der Waals surface area contributed by atoms with E-state index in [1.54, 1.807) is 23.1 Å². The molecule has 0 aliphatic heterocycles. The summed E-state index contributed by atoms with van der Waals surface area (Å²) in [6, 6.07) is 6.25. The van der Waals surface area contributed by atoms with Crippen molar-refractivity contribution in [2.24, 2.45) is 0 Å². The summed E-state index contributed by atoms with van der Waals surface area (Å²) in [7, 11) is 0. The van der Waals surface area contributed by atoms with E-state index in [4.69, 9.17) is 0 Å². The van der Waals surface area contributed by atoms with Gasteiger partial charge in [0.2, 0.25) is 0 Å². The Morgan fingerprint density at radius 1 is 1.39 bits per heavy atom. The van der Waals surface area contributed by atoms with Crippen molar-refractivity contribution in [3.05, 3.63) is 36.0 Å². The van der Waals surface area contributed by atoms with Crippen molar-refractivity contribution in [2.75, 3.05) is 0 Å². The quantitative estimate of drug-likeness (QED) is 0.678. The molecule has 0 fully saturated rings. The fraction of sp³-hybridized carbons (Fsp3) is 0.231. The molecule has 0 bridgehead atoms. The molecule has 3 aromatic rings. The molecule has 0 unspecified atom stereocenters. The van der Waals surface area contributed by atoms with Crippen molar-refractivity contribution in [3.63, 3.8) is 0 Å². The standard InChI is InChI=1S/C13H13N3S2/c1-9(2)18-13-11-8-10(12-4-3-7-17-12)15-16(11)6-5-14-13/h3-9H,1-2H3. The lowest BCUT2D eigenvalue weighted by atomic mass is 10.3. The SMILES string of the molecule is CC(C)Sc1nccn2nc(-c3cccs3)cc12. The number of rotatable bonds is 3. The van der Waals surface area contributed by atoms with Crippen LogP contribution in [0.1, 0.15) is 13.8 Å². The van der Waals surface area contributed by atoms with E-state index in [1.165, 1.54) is 4.88 Å². The normalized spacial score (nSPS) is 11.5. The molecule has 0 aromatic carbocycles. The van der Waals surface area contributed by atoms with E-state index >= 15 is 0 Å². The maximum Gasteiger partial charge on any atom is 0.122 e. The highest BCUT2D eigenvalue weighted by atomic mass is 32.2. The Morgan fingerprint density at radius 3 is 3.00 bits per heavy atom. The van der Waals surface area contributed by atoms with Crippen molar-refractivity contribution >= 4 is 28.6 Å². The van der Waals surface area contributed by atoms with Gasteiger partial charge in [0, 0.05) is 17.6 Å². The van der Waals surface area contributed by atoms with E-state index in [0.717, 1.165) is 16.2 Å². The first-order valence-electron chi connectivity index (χ1n) is 5.79. The third kappa shape index (κ3) is 2.15. The van der Waals surface area contributed by atoms with Gasteiger partial charge in [-0.2, -0.15) is 5.10 Å². The van der Waals surface area contributed by atoms with Gasteiger partial charge in [0.05, 0.1) is 10.4 Å². The van der Waals surface area contributed by atoms with Gasteiger partial charge in [0.25, 0.3) is 0 Å². The summed E-state index contributed by atoms with van der Waals surface area (Å²) in [6.07, 6.45) is 3.71. The highest BCUT2D eigenvalue weighted by Gasteiger charge is 2.10. The van der Waals surface area contributed by atoms with Crippen LogP contribution in [-0.4, -0.2) is 19.8 Å². The summed E-state index contributed by atoms with van der Waals surface area (Å²) in [5.74, 6) is 0. The fourth-order valence-corrected chi connectivity index (χ4v) is 3.28. The predicted molar refractivity (Wildman–Crippen MR) is 77.3 cm³/mol. The van der Waals surface area contributed by atoms with Gasteiger partial charge < -0.3 is 0 Å². The van der Waals surface area contributed by atoms with Crippen LogP contribution in [0.5, 0.6) is 0 Å². The second-order valence-corrected chi connectivity index (χ2v) is 6.75. The monoisotopic (exact) mass is 275 g/mol. The molecule has 0 amide bonds. The lowest BCUT2D eigenvalue weighted by Gasteiger charge is -2.04. The summed E-state index contributed by atoms with van der Waals surface area (Å²) in [4.78, 5) is 5.64. The van der Waals surface area contributed by atoms with E-state index < -0.39 is 0 Å². The van der Waals surface area contributed by atoms with E-state index in [9.17, 15) is 0 Å². The molecule has 3 rings (SSSR count). The van der Waals surface area contributed by atoms with Crippen molar-refractivity contribution in [2.45, 2.75) is 24.1 Å². The molecule has 0 radical (unpaired) electrons. The van der Waals surface area contributed by atoms with E-state index in [2.05, 4.69) is 41.4 Å². The third-order valence-electron chi connectivity index (χ3n) is 2.48. The van der Waals surface area contributed by atoms with Gasteiger partial charge in [-0.1, -0.05) is 19.9 Å². The van der Waals surface area contributed by atoms with Crippen LogP contribution in [0.25, 0.3) is 16.1 Å². The number of hydrogen-bond donors (Lipinski definition) is 0. The summed E-state index contributed by atoms with van der Waals surface area (Å²) >= 11 is 3.48. The zero-order valence-corrected chi connectivity index (χ0v) is 11.8. The topological polar surface area (TPSA) is 30.2 Å². The molecular formula is C13H13N3S2. The van der Waals surface area contributed by atoms with Gasteiger partial charge in [-0.3, -0.25) is 0 Å². The van der Waals surface area contributed by atoms with Gasteiger partial charge in [0.15, 0.2) is 0 Å². The van der Waals surface area contributed by atoms with Crippen LogP contribution in [0.4, 0.5) is 0 Å². The Labute approximate surface area is 114 Å². The highest BCUT2D eigenvalue weighted by molar-refractivity contribution is 8.00. The summed E-state index contributed by atoms with van der Waals surface area (Å²) < 4.78 is 1.91. The van der Waals surface area contributed by atoms with Crippen LogP contribution in [-0.2, 0) is 0 Å². The molecule has 0 aliphatic rings. The first-order valence-corrected chi connectivity index (χ1v) is 7.55. The first-order chi connectivity index (χ1) is 8.74. The Kier molecular flexibility index (Phi) is 3.09. The van der Waals surface area contributed by atoms with Crippen molar-refractivity contribution in [3.8, 4) is 10.6 Å². The van der Waals surface area contributed by atoms with E-state index in [-0.39, 0.29) is 0 Å². The molecule has 0 N–H and O–H groups in total. The second kappa shape index (κ2) is 4.74. The van der Waals surface area contributed by atoms with Crippen LogP contribution in [0, 0.1) is 0 Å². The molecule has 92 valence electrons. The lowest BCUT2D eigenvalue weighted by Crippen LogP contribution is -1.94. The average molecular weight is 275 g/mol. The molecule has 18 heavy (non-hydrogen) atoms. The van der Waals surface area contributed by atoms with Crippen LogP contribution in [0.15, 0.2) is 41.0 Å². The Bertz CT molecular complexity index is 656. The Balaban J connectivity index is 2.11. The maximum absolute atomic E-state index is 4.60. The lowest BCUT2D eigenvalue weighted by molar-refractivity contribution is 0.919. The number of nitrogens with zero attached hydrogens (tertiary/aromatic N) is 3. The smallest absolute Gasteiger partial charge is 0.122 e. The minimum atomic E-state index is 0.517. The van der Waals surface area contributed by atoms with Crippen molar-refractivity contribution in [1.29, 1.82) is 0 Å². The number of thiophene rings is 1. The second-order valence-electron chi connectivity index (χ2n) is 4.24. The summed E-state index contributed by atoms with van der Waals surface area (Å²) in [5, 5.41) is 8.23. The van der Waals surface area contributed by atoms with Gasteiger partial charge in [-0.15, -0.1) is 23.1 Å². The largest absolute Gasteiger partial charge is 0.246 e. The molecule has 0 saturated heterocycles. The Hall–Kier alpha value is -1.33. The maximum atomic E-state index is 4.60. The zero-order chi connectivity index (χ0) is 12.5. The fourth-order valence-electron chi connectivity index (χ4n) is 1.76. The molecule has 3 heterocycles. The molecule has 0 atom stereocenters. The third-order valence-corrected chi connectivity index (χ3v) is 4.38. The van der Waals surface area contributed by atoms with Crippen molar-refractivity contribution < 1.29 is 0 Å². The minimum absolute atomic E-state index is 0.517. The molecule has 0 saturated carbocycles. The number of hydrogen-bond acceptors (Lipinski definition) is 4. The predicted octanol–water partition coefficient (Wildman–Crippen LogP) is 3.96. The average Bonchev–Trinajstić information content (AvgIpc) is 2.97. The van der Waals surface area contributed by atoms with Crippen LogP contribution in [0.3, 0.4) is 0 Å². The highest BCUT2D eigenvalue weighted by Crippen LogP contribution is 2.29. The number of fused-ring (bicyclic) bond motifs is 1. The van der Waals surface area contributed by atoms with Gasteiger partial charge >= 0.3 is 0 Å². The zero-order valence-electron chi connectivity index (χ0n) is 10.2. The van der Waals surface area contributed by atoms with Gasteiger partial charge in [-0.25, -0.2) is 9.50 Å². The molecule has 3 aromatic heterocycles. The molecule has 0 aliphatic carbocycles. The molecule has 3 nitrogen and oxygen atoms in total. The summed E-state index contributed by atoms with van der Waals surface area (Å²) in [5.41, 5.74) is 2.10. The van der Waals surface area contributed by atoms with Crippen LogP contribution < -0.4 is 0 Å². The molecular weight excluding hydrogens is 262 g/mol. The van der Waals surface area contributed by atoms with Crippen molar-refractivity contribution in [1.82, 2.24) is 14.6 Å². The van der Waals surface area contributed by atoms with Gasteiger partial charge in [-0.05, 0) is 17.5 Å². The number of thioether (sulfide) groups is 1. The van der Waals surface area contributed by atoms with Gasteiger partial charge in [0.1, 0.15) is 10.7 Å². The first kappa shape index (κ1) is 11.7. The van der Waals surface area contributed by atoms with E-state index in [1.807, 2.05) is 23.0 Å². The summed E-state index contributed by atoms with van der Waals surface area (Å²) in [6.45, 7) is 4.35. The van der Waals surface area contributed by atoms with E-state index in [0.29, 0.717) is 5.25 Å². The Morgan fingerprint density at radius 2 is 2.28 bits per heavy atom. The molecule has 5 heteroatoms. The minimum Gasteiger partial charge on any atom is -0.246 e. The number of aromatic nitrogens is 3. The molecule has 0 spiro atoms. The van der Waals surface area contributed by atoms with Crippen LogP contribution in [0.2, 0.25) is 0 Å².